The van der Waals surface area contributed by atoms with Crippen LogP contribution >= 0.6 is 0 Å². The molecule has 0 aliphatic carbocycles. The number of rotatable bonds is 2. The molecule has 0 aromatic heterocycles. The van der Waals surface area contributed by atoms with Gasteiger partial charge in [0.15, 0.2) is 0 Å². The second-order valence-corrected chi connectivity index (χ2v) is 3.80. The highest BCUT2D eigenvalue weighted by Gasteiger charge is 2.16. The van der Waals surface area contributed by atoms with Crippen LogP contribution in [0.5, 0.6) is 0 Å². The molecule has 1 N–H and O–H groups in total. The zero-order valence-electron chi connectivity index (χ0n) is 6.13. The first-order valence-electron chi connectivity index (χ1n) is 3.46. The summed E-state index contributed by atoms with van der Waals surface area (Å²) in [7, 11) is 0.864. The number of methoxy groups -OCH3 is 1. The zero-order valence-corrected chi connectivity index (χ0v) is 6.95. The average molecular weight is 163 g/mol. The molecule has 0 aromatic carbocycles. The fourth-order valence-corrected chi connectivity index (χ4v) is 2.19. The zero-order chi connectivity index (χ0) is 7.40. The van der Waals surface area contributed by atoms with E-state index in [9.17, 15) is 4.21 Å². The van der Waals surface area contributed by atoms with Crippen LogP contribution in [-0.4, -0.2) is 29.7 Å². The summed E-state index contributed by atoms with van der Waals surface area (Å²) in [6, 6.07) is 0.305. The lowest BCUT2D eigenvalue weighted by Crippen LogP contribution is -2.39. The van der Waals surface area contributed by atoms with Crippen molar-refractivity contribution >= 4 is 11.0 Å². The van der Waals surface area contributed by atoms with Crippen molar-refractivity contribution in [3.05, 3.63) is 0 Å². The third-order valence-corrected chi connectivity index (χ3v) is 2.80. The van der Waals surface area contributed by atoms with E-state index in [0.717, 1.165) is 18.6 Å². The standard InChI is InChI=1S/C6H13NO2S/c1-9-5-6-3-2-4-10(8)7-6/h6-7H,2-5H2,1H3. The molecule has 60 valence electrons. The Morgan fingerprint density at radius 2 is 2.60 bits per heavy atom. The molecule has 1 rings (SSSR count). The van der Waals surface area contributed by atoms with Crippen LogP contribution in [0.15, 0.2) is 0 Å². The number of nitrogens with one attached hydrogen (secondary N) is 1. The van der Waals surface area contributed by atoms with Crippen molar-refractivity contribution in [3.63, 3.8) is 0 Å². The Labute approximate surface area is 63.7 Å². The molecule has 1 saturated heterocycles. The monoisotopic (exact) mass is 163 g/mol. The first-order chi connectivity index (χ1) is 4.83. The van der Waals surface area contributed by atoms with E-state index >= 15 is 0 Å². The largest absolute Gasteiger partial charge is 0.383 e. The van der Waals surface area contributed by atoms with E-state index < -0.39 is 11.0 Å². The van der Waals surface area contributed by atoms with E-state index in [0.29, 0.717) is 12.6 Å². The van der Waals surface area contributed by atoms with E-state index in [-0.39, 0.29) is 0 Å². The highest BCUT2D eigenvalue weighted by atomic mass is 32.2. The van der Waals surface area contributed by atoms with Crippen LogP contribution in [0.2, 0.25) is 0 Å². The first-order valence-corrected chi connectivity index (χ1v) is 4.78. The molecule has 1 heterocycles. The van der Waals surface area contributed by atoms with Gasteiger partial charge in [-0.2, -0.15) is 0 Å². The van der Waals surface area contributed by atoms with Crippen molar-refractivity contribution in [2.45, 2.75) is 18.9 Å². The summed E-state index contributed by atoms with van der Waals surface area (Å²) in [6.45, 7) is 0.672. The van der Waals surface area contributed by atoms with E-state index in [1.54, 1.807) is 7.11 Å². The molecule has 0 saturated carbocycles. The molecular weight excluding hydrogens is 150 g/mol. The molecule has 1 fully saturated rings. The molecule has 0 radical (unpaired) electrons. The first kappa shape index (κ1) is 8.17. The lowest BCUT2D eigenvalue weighted by molar-refractivity contribution is 0.170. The minimum Gasteiger partial charge on any atom is -0.383 e. The minimum absolute atomic E-state index is 0.305. The summed E-state index contributed by atoms with van der Waals surface area (Å²) >= 11 is 0. The topological polar surface area (TPSA) is 38.3 Å². The molecule has 0 bridgehead atoms. The maximum Gasteiger partial charge on any atom is 0.0918 e. The minimum atomic E-state index is -0.802. The summed E-state index contributed by atoms with van der Waals surface area (Å²) in [4.78, 5) is 0. The van der Waals surface area contributed by atoms with Gasteiger partial charge in [0, 0.05) is 18.9 Å². The van der Waals surface area contributed by atoms with Gasteiger partial charge in [-0.05, 0) is 12.8 Å². The number of hydrogen-bond acceptors (Lipinski definition) is 2. The molecule has 4 heteroatoms. The Morgan fingerprint density at radius 3 is 3.20 bits per heavy atom. The Morgan fingerprint density at radius 1 is 1.80 bits per heavy atom. The van der Waals surface area contributed by atoms with Gasteiger partial charge in [0.05, 0.1) is 17.6 Å². The lowest BCUT2D eigenvalue weighted by Gasteiger charge is -2.21. The normalized spacial score (nSPS) is 34.1. The summed E-state index contributed by atoms with van der Waals surface area (Å²) in [5.74, 6) is 0.792. The predicted octanol–water partition coefficient (Wildman–Crippen LogP) is 0.0485. The van der Waals surface area contributed by atoms with Crippen LogP contribution in [0, 0.1) is 0 Å². The molecule has 3 nitrogen and oxygen atoms in total. The molecule has 2 atom stereocenters. The van der Waals surface area contributed by atoms with Gasteiger partial charge < -0.3 is 4.74 Å². The van der Waals surface area contributed by atoms with Crippen LogP contribution in [-0.2, 0) is 15.7 Å². The number of hydrogen-bond donors (Lipinski definition) is 1. The Hall–Kier alpha value is 0.0700. The summed E-state index contributed by atoms with van der Waals surface area (Å²) in [6.07, 6.45) is 2.13. The third kappa shape index (κ3) is 2.36. The fourth-order valence-electron chi connectivity index (χ4n) is 1.08. The molecule has 0 spiro atoms. The van der Waals surface area contributed by atoms with Crippen LogP contribution in [0.1, 0.15) is 12.8 Å². The summed E-state index contributed by atoms with van der Waals surface area (Å²) in [5, 5.41) is 0. The average Bonchev–Trinajstić information content (AvgIpc) is 1.88. The van der Waals surface area contributed by atoms with Gasteiger partial charge in [-0.15, -0.1) is 0 Å². The van der Waals surface area contributed by atoms with Crippen molar-refractivity contribution in [3.8, 4) is 0 Å². The van der Waals surface area contributed by atoms with E-state index in [2.05, 4.69) is 4.72 Å². The van der Waals surface area contributed by atoms with Crippen molar-refractivity contribution in [1.29, 1.82) is 0 Å². The van der Waals surface area contributed by atoms with Gasteiger partial charge in [0.25, 0.3) is 0 Å². The van der Waals surface area contributed by atoms with Crippen molar-refractivity contribution < 1.29 is 8.95 Å². The highest BCUT2D eigenvalue weighted by molar-refractivity contribution is 7.83. The highest BCUT2D eigenvalue weighted by Crippen LogP contribution is 2.05. The SMILES string of the molecule is COCC1CCCS(=O)N1. The Balaban J connectivity index is 2.25. The third-order valence-electron chi connectivity index (χ3n) is 1.55. The van der Waals surface area contributed by atoms with Crippen LogP contribution in [0.25, 0.3) is 0 Å². The Kier molecular flexibility index (Phi) is 3.31. The van der Waals surface area contributed by atoms with Crippen molar-refractivity contribution in [2.24, 2.45) is 0 Å². The van der Waals surface area contributed by atoms with Gasteiger partial charge in [-0.25, -0.2) is 8.93 Å². The van der Waals surface area contributed by atoms with E-state index in [1.807, 2.05) is 0 Å². The van der Waals surface area contributed by atoms with Gasteiger partial charge in [0.1, 0.15) is 0 Å². The lowest BCUT2D eigenvalue weighted by atomic mass is 10.2. The smallest absolute Gasteiger partial charge is 0.0918 e. The summed E-state index contributed by atoms with van der Waals surface area (Å²) in [5.41, 5.74) is 0. The van der Waals surface area contributed by atoms with Gasteiger partial charge >= 0.3 is 0 Å². The summed E-state index contributed by atoms with van der Waals surface area (Å²) < 4.78 is 18.8. The fraction of sp³-hybridized carbons (Fsp3) is 1.00. The van der Waals surface area contributed by atoms with Gasteiger partial charge in [-0.3, -0.25) is 0 Å². The maximum absolute atomic E-state index is 10.9. The van der Waals surface area contributed by atoms with Crippen LogP contribution in [0.3, 0.4) is 0 Å². The Bertz CT molecular complexity index is 127. The van der Waals surface area contributed by atoms with Gasteiger partial charge in [0.2, 0.25) is 0 Å². The molecular formula is C6H13NO2S. The molecule has 2 unspecified atom stereocenters. The number of ether oxygens (including phenoxy) is 1. The van der Waals surface area contributed by atoms with Gasteiger partial charge in [-0.1, -0.05) is 0 Å². The molecule has 0 amide bonds. The second kappa shape index (κ2) is 4.05. The van der Waals surface area contributed by atoms with E-state index in [1.165, 1.54) is 0 Å². The quantitative estimate of drug-likeness (QED) is 0.624. The molecule has 1 aliphatic heterocycles. The molecule has 1 aliphatic rings. The predicted molar refractivity (Wildman–Crippen MR) is 41.0 cm³/mol. The second-order valence-electron chi connectivity index (χ2n) is 2.46. The molecule has 0 aromatic rings. The van der Waals surface area contributed by atoms with Crippen LogP contribution in [0.4, 0.5) is 0 Å². The van der Waals surface area contributed by atoms with Crippen molar-refractivity contribution in [1.82, 2.24) is 4.72 Å². The van der Waals surface area contributed by atoms with Crippen molar-refractivity contribution in [2.75, 3.05) is 19.5 Å². The maximum atomic E-state index is 10.9. The van der Waals surface area contributed by atoms with E-state index in [4.69, 9.17) is 4.74 Å². The van der Waals surface area contributed by atoms with Crippen LogP contribution < -0.4 is 4.72 Å². The molecule has 10 heavy (non-hydrogen) atoms.